The number of ketones is 3. The monoisotopic (exact) mass is 1850 g/mol. The number of carbonyl (C=O) groups excluding carboxylic acids is 8. The van der Waals surface area contributed by atoms with Gasteiger partial charge >= 0.3 is 12.1 Å². The molecule has 0 radical (unpaired) electrons. The zero-order valence-electron chi connectivity index (χ0n) is 78.3. The molecule has 8 N–H and O–H groups in total. The van der Waals surface area contributed by atoms with Crippen LogP contribution in [0.5, 0.6) is 0 Å². The van der Waals surface area contributed by atoms with Crippen LogP contribution >= 0.6 is 0 Å². The van der Waals surface area contributed by atoms with Crippen LogP contribution in [0, 0.1) is 35.5 Å². The van der Waals surface area contributed by atoms with Gasteiger partial charge in [0.15, 0.2) is 17.0 Å². The van der Waals surface area contributed by atoms with Gasteiger partial charge in [-0.1, -0.05) is 89.3 Å². The van der Waals surface area contributed by atoms with Crippen LogP contribution in [0.25, 0.3) is 33.4 Å². The first kappa shape index (κ1) is 100. The van der Waals surface area contributed by atoms with E-state index in [9.17, 15) is 48.6 Å². The number of piperazine rings is 1. The molecule has 15 atom stereocenters. The number of nitrogens with two attached hydrogens (primary N) is 2. The van der Waals surface area contributed by atoms with Crippen molar-refractivity contribution in [3.8, 4) is 11.3 Å². The Morgan fingerprint density at radius 3 is 2.16 bits per heavy atom. The summed E-state index contributed by atoms with van der Waals surface area (Å²) in [6.07, 6.45) is 17.7. The number of aliphatic hydroxyl groups excluding tert-OH is 1. The first-order valence-electron chi connectivity index (χ1n) is 46.7. The lowest BCUT2D eigenvalue weighted by molar-refractivity contribution is -0.265. The Morgan fingerprint density at radius 1 is 0.716 bits per heavy atom. The van der Waals surface area contributed by atoms with Crippen LogP contribution in [0.2, 0.25) is 0 Å². The number of esters is 1. The summed E-state index contributed by atoms with van der Waals surface area (Å²) in [5, 5.41) is 35.1. The number of anilines is 4. The van der Waals surface area contributed by atoms with Crippen molar-refractivity contribution in [1.29, 1.82) is 0 Å². The lowest BCUT2D eigenvalue weighted by Gasteiger charge is -2.42. The molecule has 13 rings (SSSR count). The summed E-state index contributed by atoms with van der Waals surface area (Å²) in [5.41, 5.74) is 20.8. The molecule has 4 fully saturated rings. The van der Waals surface area contributed by atoms with E-state index in [0.717, 1.165) is 22.3 Å². The van der Waals surface area contributed by atoms with E-state index in [1.807, 2.05) is 88.7 Å². The van der Waals surface area contributed by atoms with Crippen molar-refractivity contribution in [2.45, 2.75) is 213 Å². The first-order valence-corrected chi connectivity index (χ1v) is 46.7. The van der Waals surface area contributed by atoms with Gasteiger partial charge in [0.05, 0.1) is 81.9 Å². The fraction of sp³-hybridized carbons (Fsp3) is 0.567. The highest BCUT2D eigenvalue weighted by atomic mass is 16.6. The van der Waals surface area contributed by atoms with Crippen LogP contribution in [-0.2, 0) is 97.5 Å². The number of oxazole rings is 1. The third-order valence-electron chi connectivity index (χ3n) is 26.5. The Kier molecular flexibility index (Phi) is 35.2. The largest absolute Gasteiger partial charge is 0.460 e. The summed E-state index contributed by atoms with van der Waals surface area (Å²) < 4.78 is 60.5. The number of fused-ring (bicyclic) bond motifs is 6. The minimum Gasteiger partial charge on any atom is -0.460 e. The smallest absolute Gasteiger partial charge is 0.407 e. The van der Waals surface area contributed by atoms with Crippen molar-refractivity contribution in [2.75, 3.05) is 128 Å². The average molecular weight is 1850 g/mol. The van der Waals surface area contributed by atoms with Gasteiger partial charge in [0.1, 0.15) is 59.6 Å². The molecule has 1 aliphatic carbocycles. The number of alkyl carbamates (subject to hydrolysis) is 1. The number of allylic oxidation sites excluding steroid dienone is 6. The number of nitrogen functional groups attached to an aromatic ring is 2. The SMILES string of the molecule is CO[C@H]1C[C@@H]2CC[C@@H](C)[C@@](O)(O2)C(=O)C(=O)N2CCCC[C@H]2C(=O)O[C@H]([C@H](C)C[C@@H]2CC[C@@H](OC(=O)NCc3cnc(N4CCN(c5ncc(C(=O)NCCOCCOCCOCCC(=O)N6CCc7cc(Cn8nc(-c9ccc%10oc(N)nc%10c9)c9c(N)ncnc98)ccc7C6)cn5)CC4)nc3)[C@H](OC)C2)CC(=O)[C@H](C)/C=C(\C)[C@@H](O)[C@@H](OC)C(=O)[C@H](C)C[C@H](C)/C=C/C=C/C=C/1C. The van der Waals surface area contributed by atoms with E-state index in [-0.39, 0.29) is 99.8 Å². The lowest BCUT2D eigenvalue weighted by atomic mass is 9.78. The summed E-state index contributed by atoms with van der Waals surface area (Å²) in [6, 6.07) is 10.6. The number of nitrogens with zero attached hydrogens (tertiary/aromatic N) is 13. The number of carbonyl (C=O) groups is 8. The number of cyclic esters (lactones) is 1. The van der Waals surface area contributed by atoms with Gasteiger partial charge in [0.25, 0.3) is 23.6 Å². The summed E-state index contributed by atoms with van der Waals surface area (Å²) in [6.45, 7) is 18.5. The van der Waals surface area contributed by atoms with E-state index in [0.29, 0.717) is 199 Å². The van der Waals surface area contributed by atoms with Gasteiger partial charge in [-0.3, -0.25) is 28.8 Å². The number of aromatic nitrogens is 9. The van der Waals surface area contributed by atoms with Crippen molar-refractivity contribution >= 4 is 93.0 Å². The van der Waals surface area contributed by atoms with Gasteiger partial charge in [-0.25, -0.2) is 44.2 Å². The maximum Gasteiger partial charge on any atom is 0.407 e. The van der Waals surface area contributed by atoms with Gasteiger partial charge in [-0.15, -0.1) is 0 Å². The molecule has 3 saturated heterocycles. The average Bonchev–Trinajstić information content (AvgIpc) is 1.60. The third-order valence-corrected chi connectivity index (χ3v) is 26.5. The second-order valence-electron chi connectivity index (χ2n) is 36.2. The van der Waals surface area contributed by atoms with Crippen molar-refractivity contribution < 1.29 is 95.6 Å². The van der Waals surface area contributed by atoms with Gasteiger partial charge in [0.2, 0.25) is 23.6 Å². The fourth-order valence-corrected chi connectivity index (χ4v) is 18.6. The van der Waals surface area contributed by atoms with Crippen LogP contribution in [0.1, 0.15) is 165 Å². The van der Waals surface area contributed by atoms with E-state index < -0.39 is 102 Å². The quantitative estimate of drug-likeness (QED) is 0.0121. The molecule has 2 bridgehead atoms. The standard InChI is InChI=1S/C97H129N17O20/c1-58-16-12-11-13-17-59(2)78(125-8)48-72-24-19-64(7)97(124,134-72)87(119)91(121)113-30-15-14-18-74(113)92(122)131-79(49-75(115)60(3)43-63(6)85(118)86(127-10)84(117)62(5)42-58)61(4)44-65-21-25-77(80(46-65)126-9)133-96(123)105-52-67-50-101-94(102-51-67)110-32-34-111(35-33-110)95-103-53-71(54-104-95)90(120)100-29-37-129-39-41-130-40-38-128-36-28-81(116)112-31-27-68-45-66(20-22-70(68)56-112)55-114-89-82(88(98)106-57-107-89)83(109-114)69-23-26-76-73(47-69)108-93(99)132-76/h11-13,16-17,20,22-23,26,43,45,47,50-51,53-54,57-58,60-62,64-65,72,74,77-80,85-86,118,124H,14-15,18-19,21,24-25,27-42,44,46,48-49,52,55-56H2,1-10H3,(H2,99,108)(H,100,120)(H,105,123)(H2,98,106,107)/b13-11+,16-12+,59-17+,63-43+/t58-,60-,61-,62-,64-,65+,72+,74+,77-,78+,79+,80-,85-,86+,97-/m1/s1. The van der Waals surface area contributed by atoms with Crippen molar-refractivity contribution in [2.24, 2.45) is 35.5 Å². The second-order valence-corrected chi connectivity index (χ2v) is 36.2. The Morgan fingerprint density at radius 2 is 1.44 bits per heavy atom. The minimum absolute atomic E-state index is 0.0193. The number of ether oxygens (including phenoxy) is 9. The summed E-state index contributed by atoms with van der Waals surface area (Å²) >= 11 is 0. The highest BCUT2D eigenvalue weighted by Gasteiger charge is 2.53. The van der Waals surface area contributed by atoms with Crippen molar-refractivity contribution in [3.63, 3.8) is 0 Å². The predicted molar refractivity (Wildman–Crippen MR) is 496 cm³/mol. The molecule has 0 unspecified atom stereocenters. The second kappa shape index (κ2) is 47.2. The molecular formula is C97H129N17O20. The number of benzene rings is 2. The number of methoxy groups -OCH3 is 3. The molecule has 7 aromatic rings. The number of rotatable bonds is 27. The van der Waals surface area contributed by atoms with E-state index >= 15 is 0 Å². The van der Waals surface area contributed by atoms with Crippen LogP contribution < -0.4 is 31.9 Å². The summed E-state index contributed by atoms with van der Waals surface area (Å²) in [7, 11) is 4.48. The number of hydrogen-bond acceptors (Lipinski definition) is 32. The van der Waals surface area contributed by atoms with E-state index in [1.54, 1.807) is 66.5 Å². The van der Waals surface area contributed by atoms with Crippen molar-refractivity contribution in [1.82, 2.24) is 65.1 Å². The normalized spacial score (nSPS) is 26.8. The van der Waals surface area contributed by atoms with E-state index in [1.165, 1.54) is 36.3 Å². The van der Waals surface area contributed by atoms with E-state index in [4.69, 9.17) is 63.6 Å². The number of Topliss-reactive ketones (excluding diaryl/α,β-unsaturated/α-hetero) is 3. The van der Waals surface area contributed by atoms with Crippen LogP contribution in [0.15, 0.2) is 120 Å². The topological polar surface area (TPSA) is 470 Å². The van der Waals surface area contributed by atoms with Crippen molar-refractivity contribution in [3.05, 3.63) is 143 Å². The Balaban J connectivity index is 0.508. The van der Waals surface area contributed by atoms with Gasteiger partial charge in [0, 0.05) is 147 Å². The molecule has 4 amide bonds. The van der Waals surface area contributed by atoms with Crippen LogP contribution in [0.3, 0.4) is 0 Å². The highest BCUT2D eigenvalue weighted by molar-refractivity contribution is 6.39. The Hall–Kier alpha value is -11.4. The maximum absolute atomic E-state index is 14.8. The molecule has 2 aromatic carbocycles. The molecule has 722 valence electrons. The first-order chi connectivity index (χ1) is 64.6. The number of amides is 4. The Bertz CT molecular complexity index is 5350. The zero-order chi connectivity index (χ0) is 95.3. The minimum atomic E-state index is -2.49. The maximum atomic E-state index is 14.8. The molecule has 134 heavy (non-hydrogen) atoms. The molecule has 5 aromatic heterocycles. The molecule has 1 saturated carbocycles. The van der Waals surface area contributed by atoms with E-state index in [2.05, 4.69) is 57.7 Å². The molecule has 37 heteroatoms. The molecule has 5 aliphatic heterocycles. The fourth-order valence-electron chi connectivity index (χ4n) is 18.6. The molecule has 6 aliphatic rings. The third kappa shape index (κ3) is 25.6. The Labute approximate surface area is 780 Å². The van der Waals surface area contributed by atoms with Gasteiger partial charge in [-0.05, 0) is 148 Å². The molecule has 37 nitrogen and oxygen atoms in total. The summed E-state index contributed by atoms with van der Waals surface area (Å²) in [4.78, 5) is 151. The van der Waals surface area contributed by atoms with Gasteiger partial charge in [-0.2, -0.15) is 10.1 Å². The molecule has 10 heterocycles. The molecular weight excluding hydrogens is 1720 g/mol. The predicted octanol–water partition coefficient (Wildman–Crippen LogP) is 8.94. The van der Waals surface area contributed by atoms with Crippen LogP contribution in [0.4, 0.5) is 28.5 Å². The zero-order valence-corrected chi connectivity index (χ0v) is 78.3. The number of piperidine rings is 1. The van der Waals surface area contributed by atoms with Crippen LogP contribution in [-0.4, -0.2) is 273 Å². The summed E-state index contributed by atoms with van der Waals surface area (Å²) in [5.74, 6) is -7.82. The van der Waals surface area contributed by atoms with Gasteiger partial charge < -0.3 is 99.0 Å². The highest BCUT2D eigenvalue weighted by Crippen LogP contribution is 2.40. The molecule has 0 spiro atoms. The number of nitrogens with one attached hydrogen (secondary N) is 2. The lowest BCUT2D eigenvalue weighted by Crippen LogP contribution is -2.61. The number of hydrogen-bond donors (Lipinski definition) is 6. The number of aliphatic hydroxyl groups is 2.